The topological polar surface area (TPSA) is 34.9 Å². The first kappa shape index (κ1) is 11.4. The first-order valence-electron chi connectivity index (χ1n) is 4.99. The van der Waals surface area contributed by atoms with Gasteiger partial charge in [-0.05, 0) is 17.2 Å². The maximum Gasteiger partial charge on any atom is 0.263 e. The van der Waals surface area contributed by atoms with Crippen molar-refractivity contribution in [3.8, 4) is 0 Å². The summed E-state index contributed by atoms with van der Waals surface area (Å²) in [6.45, 7) is 6.24. The Balaban J connectivity index is 2.69. The Hall–Kier alpha value is -1.07. The summed E-state index contributed by atoms with van der Waals surface area (Å²) in [5, 5.41) is 3.38. The van der Waals surface area contributed by atoms with Gasteiger partial charge in [-0.3, -0.25) is 9.36 Å². The molecule has 0 radical (unpaired) electrons. The van der Waals surface area contributed by atoms with Crippen molar-refractivity contribution in [1.29, 1.82) is 0 Å². The quantitative estimate of drug-likeness (QED) is 0.477. The summed E-state index contributed by atoms with van der Waals surface area (Å²) in [5.74, 6) is 0.903. The van der Waals surface area contributed by atoms with E-state index in [2.05, 4.69) is 11.6 Å². The van der Waals surface area contributed by atoms with Crippen molar-refractivity contribution in [2.75, 3.05) is 5.75 Å². The molecule has 84 valence electrons. The number of hydrogen-bond donors (Lipinski definition) is 0. The number of allylic oxidation sites excluding steroid dienone is 1. The summed E-state index contributed by atoms with van der Waals surface area (Å²) in [7, 11) is 0. The number of thioether (sulfide) groups is 1. The average Bonchev–Trinajstić information content (AvgIpc) is 2.72. The standard InChI is InChI=1S/C11H12N2OS2/c1-3-6-13-10(14)8-5-7-16-9(8)12-11(13)15-4-2/h3,5,7H,1,4,6H2,2H3. The van der Waals surface area contributed by atoms with Crippen LogP contribution in [0.4, 0.5) is 0 Å². The lowest BCUT2D eigenvalue weighted by Gasteiger charge is -2.08. The molecule has 0 unspecified atom stereocenters. The molecule has 2 rings (SSSR count). The largest absolute Gasteiger partial charge is 0.283 e. The van der Waals surface area contributed by atoms with Crippen LogP contribution in [-0.2, 0) is 6.54 Å². The summed E-state index contributed by atoms with van der Waals surface area (Å²) >= 11 is 3.09. The number of hydrogen-bond acceptors (Lipinski definition) is 4. The third-order valence-corrected chi connectivity index (χ3v) is 3.80. The normalized spacial score (nSPS) is 10.8. The van der Waals surface area contributed by atoms with E-state index < -0.39 is 0 Å². The molecule has 0 aliphatic rings. The first-order valence-corrected chi connectivity index (χ1v) is 6.86. The summed E-state index contributed by atoms with van der Waals surface area (Å²) in [6.07, 6.45) is 1.72. The van der Waals surface area contributed by atoms with Crippen LogP contribution in [0.1, 0.15) is 6.92 Å². The van der Waals surface area contributed by atoms with Gasteiger partial charge in [-0.1, -0.05) is 24.8 Å². The molecule has 0 saturated carbocycles. The minimum atomic E-state index is 0.0297. The van der Waals surface area contributed by atoms with Crippen LogP contribution in [0.5, 0.6) is 0 Å². The van der Waals surface area contributed by atoms with Crippen LogP contribution in [0.25, 0.3) is 10.2 Å². The van der Waals surface area contributed by atoms with Crippen molar-refractivity contribution in [2.45, 2.75) is 18.6 Å². The Morgan fingerprint density at radius 1 is 1.69 bits per heavy atom. The second kappa shape index (κ2) is 4.84. The van der Waals surface area contributed by atoms with E-state index >= 15 is 0 Å². The maximum absolute atomic E-state index is 12.1. The van der Waals surface area contributed by atoms with Gasteiger partial charge in [0.05, 0.1) is 5.39 Å². The van der Waals surface area contributed by atoms with Gasteiger partial charge in [0.25, 0.3) is 5.56 Å². The zero-order valence-electron chi connectivity index (χ0n) is 8.97. The predicted molar refractivity (Wildman–Crippen MR) is 70.5 cm³/mol. The smallest absolute Gasteiger partial charge is 0.263 e. The number of aromatic nitrogens is 2. The highest BCUT2D eigenvalue weighted by atomic mass is 32.2. The summed E-state index contributed by atoms with van der Waals surface area (Å²) < 4.78 is 1.68. The van der Waals surface area contributed by atoms with Crippen LogP contribution in [0, 0.1) is 0 Å². The summed E-state index contributed by atoms with van der Waals surface area (Å²) in [5.41, 5.74) is 0.0297. The number of nitrogens with zero attached hydrogens (tertiary/aromatic N) is 2. The van der Waals surface area contributed by atoms with Gasteiger partial charge in [0.2, 0.25) is 0 Å². The predicted octanol–water partition coefficient (Wildman–Crippen LogP) is 2.76. The van der Waals surface area contributed by atoms with E-state index in [1.165, 1.54) is 11.3 Å². The van der Waals surface area contributed by atoms with Crippen LogP contribution in [0.3, 0.4) is 0 Å². The summed E-state index contributed by atoms with van der Waals surface area (Å²) in [4.78, 5) is 17.5. The van der Waals surface area contributed by atoms with E-state index in [9.17, 15) is 4.79 Å². The van der Waals surface area contributed by atoms with Gasteiger partial charge in [0.1, 0.15) is 4.83 Å². The molecule has 2 aromatic heterocycles. The second-order valence-corrected chi connectivity index (χ2v) is 5.30. The highest BCUT2D eigenvalue weighted by Gasteiger charge is 2.10. The molecule has 0 aliphatic heterocycles. The highest BCUT2D eigenvalue weighted by Crippen LogP contribution is 2.20. The minimum Gasteiger partial charge on any atom is -0.283 e. The molecule has 0 amide bonds. The van der Waals surface area contributed by atoms with Gasteiger partial charge in [0, 0.05) is 6.54 Å². The fourth-order valence-electron chi connectivity index (χ4n) is 1.46. The van der Waals surface area contributed by atoms with Crippen LogP contribution in [0.15, 0.2) is 34.1 Å². The molecule has 2 aromatic rings. The van der Waals surface area contributed by atoms with Crippen LogP contribution >= 0.6 is 23.1 Å². The SMILES string of the molecule is C=CCn1c(SCC)nc2sccc2c1=O. The van der Waals surface area contributed by atoms with Crippen LogP contribution in [0.2, 0.25) is 0 Å². The van der Waals surface area contributed by atoms with Gasteiger partial charge in [-0.15, -0.1) is 17.9 Å². The van der Waals surface area contributed by atoms with Gasteiger partial charge in [0.15, 0.2) is 5.16 Å². The third kappa shape index (κ3) is 1.92. The monoisotopic (exact) mass is 252 g/mol. The molecule has 0 aromatic carbocycles. The lowest BCUT2D eigenvalue weighted by atomic mass is 10.4. The van der Waals surface area contributed by atoms with Gasteiger partial charge in [-0.2, -0.15) is 0 Å². The van der Waals surface area contributed by atoms with E-state index in [1.54, 1.807) is 22.4 Å². The Labute approximate surface area is 102 Å². The Kier molecular flexibility index (Phi) is 3.46. The number of thiophene rings is 1. The fraction of sp³-hybridized carbons (Fsp3) is 0.273. The molecular formula is C11H12N2OS2. The van der Waals surface area contributed by atoms with E-state index in [0.717, 1.165) is 15.7 Å². The Bertz CT molecular complexity index is 571. The van der Waals surface area contributed by atoms with Crippen molar-refractivity contribution in [2.24, 2.45) is 0 Å². The molecule has 0 bridgehead atoms. The zero-order chi connectivity index (χ0) is 11.5. The van der Waals surface area contributed by atoms with E-state index in [4.69, 9.17) is 0 Å². The van der Waals surface area contributed by atoms with Crippen LogP contribution in [-0.4, -0.2) is 15.3 Å². The minimum absolute atomic E-state index is 0.0297. The van der Waals surface area contributed by atoms with E-state index in [1.807, 2.05) is 18.4 Å². The fourth-order valence-corrected chi connectivity index (χ4v) is 3.00. The van der Waals surface area contributed by atoms with Crippen LogP contribution < -0.4 is 5.56 Å². The van der Waals surface area contributed by atoms with E-state index in [0.29, 0.717) is 11.9 Å². The average molecular weight is 252 g/mol. The molecule has 16 heavy (non-hydrogen) atoms. The molecular weight excluding hydrogens is 240 g/mol. The van der Waals surface area contributed by atoms with Crippen molar-refractivity contribution >= 4 is 33.3 Å². The molecule has 0 aliphatic carbocycles. The van der Waals surface area contributed by atoms with Gasteiger partial charge < -0.3 is 0 Å². The van der Waals surface area contributed by atoms with Crippen molar-refractivity contribution in [1.82, 2.24) is 9.55 Å². The third-order valence-electron chi connectivity index (χ3n) is 2.13. The lowest BCUT2D eigenvalue weighted by Crippen LogP contribution is -2.22. The van der Waals surface area contributed by atoms with Gasteiger partial charge >= 0.3 is 0 Å². The number of rotatable bonds is 4. The lowest BCUT2D eigenvalue weighted by molar-refractivity contribution is 0.673. The van der Waals surface area contributed by atoms with Crippen molar-refractivity contribution in [3.05, 3.63) is 34.5 Å². The van der Waals surface area contributed by atoms with E-state index in [-0.39, 0.29) is 5.56 Å². The molecule has 0 spiro atoms. The molecule has 5 heteroatoms. The molecule has 0 atom stereocenters. The molecule has 0 fully saturated rings. The molecule has 2 heterocycles. The van der Waals surface area contributed by atoms with Crippen molar-refractivity contribution in [3.63, 3.8) is 0 Å². The molecule has 0 saturated heterocycles. The second-order valence-electron chi connectivity index (χ2n) is 3.17. The molecule has 3 nitrogen and oxygen atoms in total. The zero-order valence-corrected chi connectivity index (χ0v) is 10.6. The van der Waals surface area contributed by atoms with Gasteiger partial charge in [-0.25, -0.2) is 4.98 Å². The highest BCUT2D eigenvalue weighted by molar-refractivity contribution is 7.99. The Morgan fingerprint density at radius 3 is 3.19 bits per heavy atom. The summed E-state index contributed by atoms with van der Waals surface area (Å²) in [6, 6.07) is 1.83. The number of fused-ring (bicyclic) bond motifs is 1. The first-order chi connectivity index (χ1) is 7.77. The maximum atomic E-state index is 12.1. The Morgan fingerprint density at radius 2 is 2.50 bits per heavy atom. The van der Waals surface area contributed by atoms with Crippen molar-refractivity contribution < 1.29 is 0 Å². The molecule has 0 N–H and O–H groups in total.